The first-order valence-corrected chi connectivity index (χ1v) is 10.1. The van der Waals surface area contributed by atoms with E-state index in [0.717, 1.165) is 43.2 Å². The smallest absolute Gasteiger partial charge is 0.267 e. The minimum Gasteiger partial charge on any atom is -0.456 e. The van der Waals surface area contributed by atoms with Crippen molar-refractivity contribution in [2.45, 2.75) is 6.92 Å². The number of anilines is 1. The van der Waals surface area contributed by atoms with Gasteiger partial charge in [-0.3, -0.25) is 4.79 Å². The maximum Gasteiger partial charge on any atom is 0.267 e. The lowest BCUT2D eigenvalue weighted by molar-refractivity contribution is 0.103. The summed E-state index contributed by atoms with van der Waals surface area (Å²) in [7, 11) is 0. The van der Waals surface area contributed by atoms with E-state index in [1.807, 2.05) is 66.9 Å². The third-order valence-corrected chi connectivity index (χ3v) is 6.56. The fourth-order valence-electron chi connectivity index (χ4n) is 3.10. The lowest BCUT2D eigenvalue weighted by Crippen LogP contribution is -2.11. The number of nitrogens with one attached hydrogen (secondary N) is 1. The number of benzene rings is 2. The van der Waals surface area contributed by atoms with Gasteiger partial charge in [0.1, 0.15) is 21.1 Å². The van der Waals surface area contributed by atoms with E-state index in [0.29, 0.717) is 4.88 Å². The first-order valence-electron chi connectivity index (χ1n) is 8.43. The number of nitrogens with zero attached hydrogens (tertiary/aromatic N) is 1. The van der Waals surface area contributed by atoms with Crippen molar-refractivity contribution in [3.05, 3.63) is 70.5 Å². The second-order valence-electron chi connectivity index (χ2n) is 6.17. The molecule has 27 heavy (non-hydrogen) atoms. The largest absolute Gasteiger partial charge is 0.456 e. The summed E-state index contributed by atoms with van der Waals surface area (Å²) in [6.07, 6.45) is 0. The lowest BCUT2D eigenvalue weighted by atomic mass is 10.1. The molecule has 0 bridgehead atoms. The Morgan fingerprint density at radius 1 is 1.04 bits per heavy atom. The van der Waals surface area contributed by atoms with E-state index in [4.69, 9.17) is 4.42 Å². The molecule has 132 valence electrons. The highest BCUT2D eigenvalue weighted by Gasteiger charge is 2.17. The highest BCUT2D eigenvalue weighted by atomic mass is 32.1. The van der Waals surface area contributed by atoms with E-state index in [9.17, 15) is 4.79 Å². The zero-order valence-electron chi connectivity index (χ0n) is 14.4. The van der Waals surface area contributed by atoms with Gasteiger partial charge in [0, 0.05) is 16.5 Å². The Labute approximate surface area is 163 Å². The van der Waals surface area contributed by atoms with Crippen molar-refractivity contribution in [1.29, 1.82) is 0 Å². The predicted octanol–water partition coefficient (Wildman–Crippen LogP) is 6.33. The molecular formula is C21H14N2O2S2. The van der Waals surface area contributed by atoms with Crippen LogP contribution in [-0.4, -0.2) is 10.9 Å². The van der Waals surface area contributed by atoms with Gasteiger partial charge in [0.25, 0.3) is 5.91 Å². The van der Waals surface area contributed by atoms with Crippen LogP contribution in [-0.2, 0) is 0 Å². The molecule has 1 amide bonds. The molecule has 1 N–H and O–H groups in total. The van der Waals surface area contributed by atoms with Crippen LogP contribution in [0.15, 0.2) is 64.4 Å². The molecule has 5 aromatic rings. The van der Waals surface area contributed by atoms with E-state index < -0.39 is 0 Å². The highest BCUT2D eigenvalue weighted by molar-refractivity contribution is 7.22. The predicted molar refractivity (Wildman–Crippen MR) is 112 cm³/mol. The van der Waals surface area contributed by atoms with Crippen molar-refractivity contribution < 1.29 is 9.21 Å². The number of carbonyl (C=O) groups is 1. The molecule has 0 aliphatic rings. The molecule has 2 aromatic carbocycles. The molecule has 0 aliphatic carbocycles. The minimum atomic E-state index is -0.139. The average Bonchev–Trinajstić information content (AvgIpc) is 3.39. The van der Waals surface area contributed by atoms with Crippen LogP contribution in [0.1, 0.15) is 15.4 Å². The summed E-state index contributed by atoms with van der Waals surface area (Å²) >= 11 is 3.04. The Hall–Kier alpha value is -2.96. The van der Waals surface area contributed by atoms with Crippen LogP contribution in [0.4, 0.5) is 5.69 Å². The number of thiazole rings is 1. The Kier molecular flexibility index (Phi) is 3.81. The van der Waals surface area contributed by atoms with E-state index in [-0.39, 0.29) is 5.91 Å². The fraction of sp³-hybridized carbons (Fsp3) is 0.0476. The molecule has 0 saturated heterocycles. The van der Waals surface area contributed by atoms with Gasteiger partial charge in [-0.2, -0.15) is 0 Å². The van der Waals surface area contributed by atoms with Gasteiger partial charge in [0.2, 0.25) is 0 Å². The summed E-state index contributed by atoms with van der Waals surface area (Å²) in [5, 5.41) is 7.92. The topological polar surface area (TPSA) is 55.1 Å². The summed E-state index contributed by atoms with van der Waals surface area (Å²) in [6.45, 7) is 1.87. The fourth-order valence-corrected chi connectivity index (χ4v) is 4.86. The molecule has 3 heterocycles. The second kappa shape index (κ2) is 6.33. The SMILES string of the molecule is Cc1nc(-c2cccs2)sc1C(=O)Nc1ccc2oc3ccccc3c2c1. The van der Waals surface area contributed by atoms with E-state index in [1.165, 1.54) is 11.3 Å². The maximum absolute atomic E-state index is 12.8. The van der Waals surface area contributed by atoms with Crippen molar-refractivity contribution in [1.82, 2.24) is 4.98 Å². The zero-order valence-corrected chi connectivity index (χ0v) is 16.0. The number of fused-ring (bicyclic) bond motifs is 3. The summed E-state index contributed by atoms with van der Waals surface area (Å²) in [5.41, 5.74) is 3.14. The molecule has 4 nitrogen and oxygen atoms in total. The standard InChI is InChI=1S/C21H14N2O2S2/c1-12-19(27-21(22-12)18-7-4-10-26-18)20(24)23-13-8-9-17-15(11-13)14-5-2-3-6-16(14)25-17/h2-11H,1H3,(H,23,24). The highest BCUT2D eigenvalue weighted by Crippen LogP contribution is 2.33. The number of thiophene rings is 1. The molecule has 5 rings (SSSR count). The Morgan fingerprint density at radius 3 is 2.74 bits per heavy atom. The molecule has 0 fully saturated rings. The van der Waals surface area contributed by atoms with Crippen LogP contribution < -0.4 is 5.32 Å². The first-order chi connectivity index (χ1) is 13.2. The van der Waals surface area contributed by atoms with E-state index in [2.05, 4.69) is 10.3 Å². The number of rotatable bonds is 3. The minimum absolute atomic E-state index is 0.139. The molecule has 0 spiro atoms. The summed E-state index contributed by atoms with van der Waals surface area (Å²) in [6, 6.07) is 17.6. The van der Waals surface area contributed by atoms with Gasteiger partial charge in [0.05, 0.1) is 10.6 Å². The van der Waals surface area contributed by atoms with Crippen molar-refractivity contribution in [2.75, 3.05) is 5.32 Å². The lowest BCUT2D eigenvalue weighted by Gasteiger charge is -2.04. The summed E-state index contributed by atoms with van der Waals surface area (Å²) in [5.74, 6) is -0.139. The van der Waals surface area contributed by atoms with E-state index in [1.54, 1.807) is 11.3 Å². The van der Waals surface area contributed by atoms with Crippen molar-refractivity contribution >= 4 is 56.2 Å². The van der Waals surface area contributed by atoms with Gasteiger partial charge in [-0.1, -0.05) is 24.3 Å². The second-order valence-corrected chi connectivity index (χ2v) is 8.12. The quantitative estimate of drug-likeness (QED) is 0.391. The van der Waals surface area contributed by atoms with Crippen molar-refractivity contribution in [2.24, 2.45) is 0 Å². The molecule has 0 aliphatic heterocycles. The van der Waals surface area contributed by atoms with Crippen molar-refractivity contribution in [3.8, 4) is 9.88 Å². The Balaban J connectivity index is 1.48. The molecule has 0 radical (unpaired) electrons. The van der Waals surface area contributed by atoms with Crippen LogP contribution in [0.3, 0.4) is 0 Å². The number of carbonyl (C=O) groups excluding carboxylic acids is 1. The van der Waals surface area contributed by atoms with Gasteiger partial charge >= 0.3 is 0 Å². The number of furan rings is 1. The number of aryl methyl sites for hydroxylation is 1. The molecule has 0 saturated carbocycles. The molecule has 0 atom stereocenters. The number of aromatic nitrogens is 1. The zero-order chi connectivity index (χ0) is 18.4. The first kappa shape index (κ1) is 16.2. The number of hydrogen-bond donors (Lipinski definition) is 1. The molecule has 6 heteroatoms. The van der Waals surface area contributed by atoms with E-state index >= 15 is 0 Å². The molecule has 0 unspecified atom stereocenters. The molecule has 3 aromatic heterocycles. The normalized spacial score (nSPS) is 11.3. The van der Waals surface area contributed by atoms with Crippen LogP contribution in [0.2, 0.25) is 0 Å². The Bertz CT molecular complexity index is 1280. The van der Waals surface area contributed by atoms with Crippen LogP contribution in [0.25, 0.3) is 31.8 Å². The van der Waals surface area contributed by atoms with Gasteiger partial charge < -0.3 is 9.73 Å². The van der Waals surface area contributed by atoms with Crippen LogP contribution in [0.5, 0.6) is 0 Å². The number of amides is 1. The van der Waals surface area contributed by atoms with Gasteiger partial charge in [-0.05, 0) is 42.6 Å². The third-order valence-electron chi connectivity index (χ3n) is 4.37. The van der Waals surface area contributed by atoms with Gasteiger partial charge in [-0.25, -0.2) is 4.98 Å². The average molecular weight is 390 g/mol. The van der Waals surface area contributed by atoms with Crippen LogP contribution in [0, 0.1) is 6.92 Å². The van der Waals surface area contributed by atoms with Gasteiger partial charge in [-0.15, -0.1) is 22.7 Å². The monoisotopic (exact) mass is 390 g/mol. The summed E-state index contributed by atoms with van der Waals surface area (Å²) < 4.78 is 5.84. The maximum atomic E-state index is 12.8. The Morgan fingerprint density at radius 2 is 1.89 bits per heavy atom. The van der Waals surface area contributed by atoms with Gasteiger partial charge in [0.15, 0.2) is 0 Å². The molecular weight excluding hydrogens is 376 g/mol. The number of hydrogen-bond acceptors (Lipinski definition) is 5. The van der Waals surface area contributed by atoms with Crippen LogP contribution >= 0.6 is 22.7 Å². The van der Waals surface area contributed by atoms with Crippen molar-refractivity contribution in [3.63, 3.8) is 0 Å². The number of para-hydroxylation sites is 1. The summed E-state index contributed by atoms with van der Waals surface area (Å²) in [4.78, 5) is 19.1. The third kappa shape index (κ3) is 2.83.